The maximum atomic E-state index is 12.3. The molecular formula is C23H18ClN7O2. The third-order valence-electron chi connectivity index (χ3n) is 4.89. The van der Waals surface area contributed by atoms with Crippen LogP contribution in [0.15, 0.2) is 72.2 Å². The fraction of sp³-hybridized carbons (Fsp3) is 0.130. The topological polar surface area (TPSA) is 126 Å². The number of hydrogen-bond acceptors (Lipinski definition) is 7. The van der Waals surface area contributed by atoms with Gasteiger partial charge in [-0.3, -0.25) is 9.78 Å². The SMILES string of the molecule is CCC(=O)Oc1c(C(Nc2ncccn2)c2cccc(N=[N+]=[N-])c2Cl)ccc2cccnc12. The predicted molar refractivity (Wildman–Crippen MR) is 125 cm³/mol. The molecule has 4 rings (SSSR count). The maximum absolute atomic E-state index is 12.3. The standard InChI is InChI=1S/C23H18ClN7O2/c1-2-18(32)33-22-16(10-9-14-6-4-11-26-20(14)22)21(29-23-27-12-5-13-28-23)15-7-3-8-17(19(15)24)30-31-25/h3-13,21H,2H2,1H3,(H,27,28,29). The summed E-state index contributed by atoms with van der Waals surface area (Å²) in [5, 5.41) is 7.99. The van der Waals surface area contributed by atoms with Crippen LogP contribution in [0.5, 0.6) is 5.75 Å². The molecule has 0 aliphatic heterocycles. The first-order valence-corrected chi connectivity index (χ1v) is 10.5. The van der Waals surface area contributed by atoms with E-state index in [1.54, 1.807) is 55.8 Å². The molecule has 0 amide bonds. The van der Waals surface area contributed by atoms with Gasteiger partial charge in [0.15, 0.2) is 5.75 Å². The van der Waals surface area contributed by atoms with Crippen LogP contribution in [0, 0.1) is 0 Å². The van der Waals surface area contributed by atoms with E-state index in [2.05, 4.69) is 30.3 Å². The van der Waals surface area contributed by atoms with E-state index in [1.165, 1.54) is 0 Å². The number of aromatic nitrogens is 3. The highest BCUT2D eigenvalue weighted by atomic mass is 35.5. The van der Waals surface area contributed by atoms with Gasteiger partial charge in [-0.1, -0.05) is 60.0 Å². The lowest BCUT2D eigenvalue weighted by Gasteiger charge is -2.24. The first-order valence-electron chi connectivity index (χ1n) is 10.1. The van der Waals surface area contributed by atoms with Crippen LogP contribution >= 0.6 is 11.6 Å². The number of ether oxygens (including phenoxy) is 1. The average molecular weight is 460 g/mol. The largest absolute Gasteiger partial charge is 0.424 e. The summed E-state index contributed by atoms with van der Waals surface area (Å²) < 4.78 is 5.76. The Morgan fingerprint density at radius 2 is 1.88 bits per heavy atom. The summed E-state index contributed by atoms with van der Waals surface area (Å²) in [6.07, 6.45) is 5.03. The Hall–Kier alpha value is -4.20. The van der Waals surface area contributed by atoms with E-state index in [0.29, 0.717) is 28.3 Å². The molecule has 0 saturated carbocycles. The number of carbonyl (C=O) groups is 1. The van der Waals surface area contributed by atoms with E-state index in [-0.39, 0.29) is 17.1 Å². The monoisotopic (exact) mass is 459 g/mol. The fourth-order valence-corrected chi connectivity index (χ4v) is 3.64. The molecule has 0 saturated heterocycles. The third-order valence-corrected chi connectivity index (χ3v) is 5.30. The van der Waals surface area contributed by atoms with Gasteiger partial charge in [0.2, 0.25) is 5.95 Å². The number of nitrogens with zero attached hydrogens (tertiary/aromatic N) is 6. The molecule has 1 unspecified atom stereocenters. The van der Waals surface area contributed by atoms with Gasteiger partial charge in [0, 0.05) is 40.9 Å². The van der Waals surface area contributed by atoms with Crippen LogP contribution in [0.1, 0.15) is 30.5 Å². The lowest BCUT2D eigenvalue weighted by Crippen LogP contribution is -2.17. The number of halogens is 1. The van der Waals surface area contributed by atoms with Gasteiger partial charge < -0.3 is 10.1 Å². The quantitative estimate of drug-likeness (QED) is 0.116. The van der Waals surface area contributed by atoms with E-state index >= 15 is 0 Å². The summed E-state index contributed by atoms with van der Waals surface area (Å²) in [7, 11) is 0. The van der Waals surface area contributed by atoms with Gasteiger partial charge in [0.05, 0.1) is 16.8 Å². The summed E-state index contributed by atoms with van der Waals surface area (Å²) in [4.78, 5) is 28.1. The number of carbonyl (C=O) groups excluding carboxylic acids is 1. The Morgan fingerprint density at radius 3 is 2.64 bits per heavy atom. The molecule has 2 aromatic heterocycles. The van der Waals surface area contributed by atoms with Gasteiger partial charge in [0.25, 0.3) is 0 Å². The second-order valence-electron chi connectivity index (χ2n) is 6.91. The molecule has 0 aliphatic carbocycles. The molecule has 33 heavy (non-hydrogen) atoms. The van der Waals surface area contributed by atoms with Crippen LogP contribution in [0.4, 0.5) is 11.6 Å². The van der Waals surface area contributed by atoms with E-state index in [9.17, 15) is 4.79 Å². The number of nitrogens with one attached hydrogen (secondary N) is 1. The molecule has 0 fully saturated rings. The minimum atomic E-state index is -0.653. The van der Waals surface area contributed by atoms with Gasteiger partial charge >= 0.3 is 5.97 Å². The van der Waals surface area contributed by atoms with Crippen LogP contribution < -0.4 is 10.1 Å². The number of anilines is 1. The first-order chi connectivity index (χ1) is 16.1. The predicted octanol–water partition coefficient (Wildman–Crippen LogP) is 6.14. The minimum Gasteiger partial charge on any atom is -0.424 e. The summed E-state index contributed by atoms with van der Waals surface area (Å²) in [6, 6.07) is 13.6. The molecule has 164 valence electrons. The van der Waals surface area contributed by atoms with Crippen molar-refractivity contribution in [2.75, 3.05) is 5.32 Å². The number of pyridine rings is 1. The van der Waals surface area contributed by atoms with Gasteiger partial charge in [0.1, 0.15) is 5.52 Å². The van der Waals surface area contributed by atoms with Crippen LogP contribution in [0.3, 0.4) is 0 Å². The average Bonchev–Trinajstić information content (AvgIpc) is 2.85. The molecule has 0 spiro atoms. The van der Waals surface area contributed by atoms with Crippen LogP contribution in [-0.2, 0) is 4.79 Å². The Kier molecular flexibility index (Phi) is 6.64. The lowest BCUT2D eigenvalue weighted by atomic mass is 9.95. The van der Waals surface area contributed by atoms with Crippen LogP contribution in [0.25, 0.3) is 21.3 Å². The van der Waals surface area contributed by atoms with Crippen LogP contribution in [-0.4, -0.2) is 20.9 Å². The molecule has 0 bridgehead atoms. The van der Waals surface area contributed by atoms with E-state index in [0.717, 1.165) is 5.39 Å². The summed E-state index contributed by atoms with van der Waals surface area (Å²) >= 11 is 6.63. The highest BCUT2D eigenvalue weighted by Crippen LogP contribution is 2.41. The van der Waals surface area contributed by atoms with Crippen molar-refractivity contribution in [2.24, 2.45) is 5.11 Å². The van der Waals surface area contributed by atoms with E-state index < -0.39 is 12.0 Å². The zero-order valence-electron chi connectivity index (χ0n) is 17.5. The number of azide groups is 1. The van der Waals surface area contributed by atoms with E-state index in [4.69, 9.17) is 21.9 Å². The molecule has 10 heteroatoms. The Morgan fingerprint density at radius 1 is 1.09 bits per heavy atom. The number of esters is 1. The summed E-state index contributed by atoms with van der Waals surface area (Å²) in [5.41, 5.74) is 10.9. The van der Waals surface area contributed by atoms with Crippen molar-refractivity contribution in [1.29, 1.82) is 0 Å². The lowest BCUT2D eigenvalue weighted by molar-refractivity contribution is -0.133. The van der Waals surface area contributed by atoms with Crippen molar-refractivity contribution in [1.82, 2.24) is 15.0 Å². The number of fused-ring (bicyclic) bond motifs is 1. The van der Waals surface area contributed by atoms with Gasteiger partial charge in [-0.2, -0.15) is 0 Å². The molecule has 1 atom stereocenters. The molecule has 0 radical (unpaired) electrons. The zero-order valence-corrected chi connectivity index (χ0v) is 18.3. The number of hydrogen-bond donors (Lipinski definition) is 1. The van der Waals surface area contributed by atoms with Gasteiger partial charge in [-0.25, -0.2) is 9.97 Å². The molecule has 2 aromatic carbocycles. The Bertz CT molecular complexity index is 1360. The van der Waals surface area contributed by atoms with Gasteiger partial charge in [-0.05, 0) is 23.2 Å². The minimum absolute atomic E-state index is 0.190. The highest BCUT2D eigenvalue weighted by molar-refractivity contribution is 6.33. The Labute approximate surface area is 194 Å². The number of benzene rings is 2. The zero-order chi connectivity index (χ0) is 23.2. The van der Waals surface area contributed by atoms with Crippen molar-refractivity contribution < 1.29 is 9.53 Å². The second kappa shape index (κ2) is 9.95. The van der Waals surface area contributed by atoms with Crippen molar-refractivity contribution in [3.05, 3.63) is 93.7 Å². The molecule has 4 aromatic rings. The molecule has 0 aliphatic rings. The summed E-state index contributed by atoms with van der Waals surface area (Å²) in [6.45, 7) is 1.72. The molecule has 1 N–H and O–H groups in total. The highest BCUT2D eigenvalue weighted by Gasteiger charge is 2.26. The van der Waals surface area contributed by atoms with Crippen molar-refractivity contribution in [3.8, 4) is 5.75 Å². The summed E-state index contributed by atoms with van der Waals surface area (Å²) in [5.74, 6) is 0.235. The smallest absolute Gasteiger partial charge is 0.310 e. The third kappa shape index (κ3) is 4.69. The molecule has 2 heterocycles. The fourth-order valence-electron chi connectivity index (χ4n) is 3.37. The van der Waals surface area contributed by atoms with Gasteiger partial charge in [-0.15, -0.1) is 0 Å². The van der Waals surface area contributed by atoms with Crippen molar-refractivity contribution in [3.63, 3.8) is 0 Å². The van der Waals surface area contributed by atoms with Crippen LogP contribution in [0.2, 0.25) is 5.02 Å². The maximum Gasteiger partial charge on any atom is 0.310 e. The normalized spacial score (nSPS) is 11.5. The number of rotatable bonds is 7. The molecular weight excluding hydrogens is 442 g/mol. The molecule has 9 nitrogen and oxygen atoms in total. The van der Waals surface area contributed by atoms with Crippen molar-refractivity contribution in [2.45, 2.75) is 19.4 Å². The second-order valence-corrected chi connectivity index (χ2v) is 7.28. The first kappa shape index (κ1) is 22.0. The van der Waals surface area contributed by atoms with Crippen molar-refractivity contribution >= 4 is 40.1 Å². The Balaban J connectivity index is 1.96. The van der Waals surface area contributed by atoms with E-state index in [1.807, 2.05) is 18.2 Å².